The van der Waals surface area contributed by atoms with Crippen molar-refractivity contribution in [3.05, 3.63) is 5.56 Å². The molecule has 1 aromatic rings. The minimum Gasteiger partial charge on any atom is -0.382 e. The number of nitrogen functional groups attached to an aromatic ring is 1. The maximum absolute atomic E-state index is 11.4. The van der Waals surface area contributed by atoms with Crippen molar-refractivity contribution in [3.8, 4) is 0 Å². The highest BCUT2D eigenvalue weighted by atomic mass is 32.1. The summed E-state index contributed by atoms with van der Waals surface area (Å²) >= 11 is 1.24. The molecule has 92 valence electrons. The molecule has 7 heteroatoms. The predicted octanol–water partition coefficient (Wildman–Crippen LogP) is 0.192. The van der Waals surface area contributed by atoms with E-state index in [9.17, 15) is 4.79 Å². The van der Waals surface area contributed by atoms with Crippen LogP contribution in [0.3, 0.4) is 0 Å². The van der Waals surface area contributed by atoms with Crippen molar-refractivity contribution < 1.29 is 9.53 Å². The predicted molar refractivity (Wildman–Crippen MR) is 65.2 cm³/mol. The van der Waals surface area contributed by atoms with Crippen molar-refractivity contribution in [2.75, 3.05) is 23.7 Å². The molecule has 0 saturated carbocycles. The Balaban J connectivity index is 1.91. The van der Waals surface area contributed by atoms with E-state index in [1.165, 1.54) is 11.5 Å². The van der Waals surface area contributed by atoms with Gasteiger partial charge in [0, 0.05) is 13.1 Å². The molecular weight excluding hydrogens is 240 g/mol. The van der Waals surface area contributed by atoms with Gasteiger partial charge in [-0.1, -0.05) is 0 Å². The highest BCUT2D eigenvalue weighted by Crippen LogP contribution is 2.35. The lowest BCUT2D eigenvalue weighted by Gasteiger charge is -2.32. The van der Waals surface area contributed by atoms with E-state index in [4.69, 9.17) is 16.2 Å². The van der Waals surface area contributed by atoms with Gasteiger partial charge in [0.15, 0.2) is 5.82 Å². The van der Waals surface area contributed by atoms with Crippen LogP contribution in [0.15, 0.2) is 0 Å². The van der Waals surface area contributed by atoms with Gasteiger partial charge in [0.2, 0.25) is 0 Å². The number of carbonyl (C=O) groups excluding carboxylic acids is 1. The number of primary amides is 1. The summed E-state index contributed by atoms with van der Waals surface area (Å²) in [5, 5.41) is 0.787. The first-order valence-electron chi connectivity index (χ1n) is 5.60. The molecule has 2 aliphatic rings. The van der Waals surface area contributed by atoms with Gasteiger partial charge in [0.05, 0.1) is 12.2 Å². The molecule has 2 fully saturated rings. The summed E-state index contributed by atoms with van der Waals surface area (Å²) in [7, 11) is 0. The van der Waals surface area contributed by atoms with Gasteiger partial charge in [-0.2, -0.15) is 4.37 Å². The molecular formula is C10H14N4O2S. The standard InChI is InChI=1S/C10H14N4O2S/c11-8-7(9(12)15)10(17-13-8)14-3-5-1-2-6(4-14)16-5/h5-6H,1-4H2,(H2,11,13)(H2,12,15). The molecule has 3 heterocycles. The molecule has 1 aromatic heterocycles. The lowest BCUT2D eigenvalue weighted by atomic mass is 10.2. The second-order valence-electron chi connectivity index (χ2n) is 4.47. The van der Waals surface area contributed by atoms with Crippen LogP contribution < -0.4 is 16.4 Å². The first kappa shape index (κ1) is 10.8. The molecule has 2 bridgehead atoms. The third-order valence-electron chi connectivity index (χ3n) is 3.28. The maximum Gasteiger partial charge on any atom is 0.255 e. The third kappa shape index (κ3) is 1.75. The van der Waals surface area contributed by atoms with E-state index in [-0.39, 0.29) is 18.0 Å². The van der Waals surface area contributed by atoms with Gasteiger partial charge in [-0.15, -0.1) is 0 Å². The van der Waals surface area contributed by atoms with Gasteiger partial charge < -0.3 is 21.1 Å². The molecule has 0 spiro atoms. The molecule has 3 rings (SSSR count). The Labute approximate surface area is 103 Å². The van der Waals surface area contributed by atoms with Gasteiger partial charge >= 0.3 is 0 Å². The summed E-state index contributed by atoms with van der Waals surface area (Å²) in [5.41, 5.74) is 11.4. The molecule has 0 aromatic carbocycles. The summed E-state index contributed by atoms with van der Waals surface area (Å²) in [6, 6.07) is 0. The van der Waals surface area contributed by atoms with Crippen LogP contribution in [-0.2, 0) is 4.74 Å². The summed E-state index contributed by atoms with van der Waals surface area (Å²) < 4.78 is 9.77. The normalized spacial score (nSPS) is 27.4. The van der Waals surface area contributed by atoms with Gasteiger partial charge in [0.25, 0.3) is 5.91 Å². The highest BCUT2D eigenvalue weighted by molar-refractivity contribution is 7.11. The van der Waals surface area contributed by atoms with Crippen molar-refractivity contribution >= 4 is 28.3 Å². The number of hydrogen-bond donors (Lipinski definition) is 2. The molecule has 0 aliphatic carbocycles. The molecule has 2 unspecified atom stereocenters. The quantitative estimate of drug-likeness (QED) is 0.785. The fourth-order valence-corrected chi connectivity index (χ4v) is 3.36. The maximum atomic E-state index is 11.4. The molecule has 1 amide bonds. The Morgan fingerprint density at radius 3 is 2.65 bits per heavy atom. The van der Waals surface area contributed by atoms with E-state index in [1.807, 2.05) is 0 Å². The van der Waals surface area contributed by atoms with Gasteiger partial charge in [-0.3, -0.25) is 4.79 Å². The topological polar surface area (TPSA) is 94.5 Å². The van der Waals surface area contributed by atoms with Crippen LogP contribution in [0.4, 0.5) is 10.8 Å². The number of nitrogens with two attached hydrogens (primary N) is 2. The van der Waals surface area contributed by atoms with Gasteiger partial charge in [-0.05, 0) is 24.4 Å². The van der Waals surface area contributed by atoms with Crippen molar-refractivity contribution in [2.45, 2.75) is 25.0 Å². The fourth-order valence-electron chi connectivity index (χ4n) is 2.52. The van der Waals surface area contributed by atoms with Crippen LogP contribution in [0.2, 0.25) is 0 Å². The summed E-state index contributed by atoms with van der Waals surface area (Å²) in [6.45, 7) is 1.58. The van der Waals surface area contributed by atoms with Gasteiger partial charge in [0.1, 0.15) is 10.6 Å². The number of fused-ring (bicyclic) bond motifs is 2. The van der Waals surface area contributed by atoms with Crippen LogP contribution in [0, 0.1) is 0 Å². The molecule has 2 aliphatic heterocycles. The van der Waals surface area contributed by atoms with E-state index in [2.05, 4.69) is 9.27 Å². The van der Waals surface area contributed by atoms with E-state index in [0.717, 1.165) is 30.9 Å². The molecule has 4 N–H and O–H groups in total. The van der Waals surface area contributed by atoms with E-state index < -0.39 is 5.91 Å². The van der Waals surface area contributed by atoms with Gasteiger partial charge in [-0.25, -0.2) is 0 Å². The van der Waals surface area contributed by atoms with E-state index in [1.54, 1.807) is 0 Å². The number of anilines is 2. The first-order valence-corrected chi connectivity index (χ1v) is 6.38. The monoisotopic (exact) mass is 254 g/mol. The first-order chi connectivity index (χ1) is 8.15. The number of morpholine rings is 1. The Kier molecular flexibility index (Phi) is 2.44. The highest BCUT2D eigenvalue weighted by Gasteiger charge is 2.36. The Morgan fingerprint density at radius 2 is 2.06 bits per heavy atom. The zero-order chi connectivity index (χ0) is 12.0. The number of amides is 1. The molecule has 2 saturated heterocycles. The molecule has 0 radical (unpaired) electrons. The summed E-state index contributed by atoms with van der Waals surface area (Å²) in [4.78, 5) is 13.5. The second-order valence-corrected chi connectivity index (χ2v) is 5.23. The van der Waals surface area contributed by atoms with Crippen molar-refractivity contribution in [1.29, 1.82) is 0 Å². The molecule has 17 heavy (non-hydrogen) atoms. The van der Waals surface area contributed by atoms with Crippen molar-refractivity contribution in [2.24, 2.45) is 5.73 Å². The largest absolute Gasteiger partial charge is 0.382 e. The van der Waals surface area contributed by atoms with Crippen LogP contribution in [-0.4, -0.2) is 35.6 Å². The Bertz CT molecular complexity index is 449. The number of ether oxygens (including phenoxy) is 1. The third-order valence-corrected chi connectivity index (χ3v) is 4.20. The number of nitrogens with zero attached hydrogens (tertiary/aromatic N) is 2. The lowest BCUT2D eigenvalue weighted by Crippen LogP contribution is -2.43. The average molecular weight is 254 g/mol. The zero-order valence-corrected chi connectivity index (χ0v) is 10.1. The minimum atomic E-state index is -0.509. The number of hydrogen-bond acceptors (Lipinski definition) is 6. The Hall–Kier alpha value is -1.34. The number of aromatic nitrogens is 1. The summed E-state index contributed by atoms with van der Waals surface area (Å²) in [5.74, 6) is -0.276. The Morgan fingerprint density at radius 1 is 1.41 bits per heavy atom. The van der Waals surface area contributed by atoms with E-state index >= 15 is 0 Å². The zero-order valence-electron chi connectivity index (χ0n) is 9.26. The van der Waals surface area contributed by atoms with Crippen LogP contribution in [0.25, 0.3) is 0 Å². The van der Waals surface area contributed by atoms with Crippen molar-refractivity contribution in [1.82, 2.24) is 4.37 Å². The smallest absolute Gasteiger partial charge is 0.255 e. The van der Waals surface area contributed by atoms with Crippen LogP contribution in [0.5, 0.6) is 0 Å². The molecule has 6 nitrogen and oxygen atoms in total. The number of rotatable bonds is 2. The van der Waals surface area contributed by atoms with Crippen LogP contribution >= 0.6 is 11.5 Å². The lowest BCUT2D eigenvalue weighted by molar-refractivity contribution is 0.0306. The van der Waals surface area contributed by atoms with E-state index in [0.29, 0.717) is 5.56 Å². The fraction of sp³-hybridized carbons (Fsp3) is 0.600. The number of carbonyl (C=O) groups is 1. The SMILES string of the molecule is NC(=O)c1c(N)nsc1N1CC2CCC(C1)O2. The molecule has 2 atom stereocenters. The van der Waals surface area contributed by atoms with Crippen molar-refractivity contribution in [3.63, 3.8) is 0 Å². The second kappa shape index (κ2) is 3.85. The van der Waals surface area contributed by atoms with Crippen LogP contribution in [0.1, 0.15) is 23.2 Å². The average Bonchev–Trinajstić information content (AvgIpc) is 2.82. The summed E-state index contributed by atoms with van der Waals surface area (Å²) in [6.07, 6.45) is 2.69. The minimum absolute atomic E-state index is 0.233.